The molecule has 0 fully saturated rings. The largest absolute Gasteiger partial charge is 0.455 e. The Kier molecular flexibility index (Phi) is 3.68. The highest BCUT2D eigenvalue weighted by Crippen LogP contribution is 2.30. The van der Waals surface area contributed by atoms with Gasteiger partial charge < -0.3 is 10.5 Å². The molecule has 0 heterocycles. The van der Waals surface area contributed by atoms with Crippen molar-refractivity contribution in [3.05, 3.63) is 47.5 Å². The molecule has 2 aromatic carbocycles. The number of hydrogen-bond acceptors (Lipinski definition) is 4. The number of hydrogen-bond donors (Lipinski definition) is 1. The second-order valence-electron chi connectivity index (χ2n) is 4.03. The molecular formula is C13H12ClNO3S. The fraction of sp³-hybridized carbons (Fsp3) is 0.0769. The Morgan fingerprint density at radius 2 is 1.74 bits per heavy atom. The van der Waals surface area contributed by atoms with Gasteiger partial charge in [-0.1, -0.05) is 11.6 Å². The van der Waals surface area contributed by atoms with Gasteiger partial charge in [0.05, 0.1) is 10.6 Å². The van der Waals surface area contributed by atoms with Gasteiger partial charge >= 0.3 is 0 Å². The van der Waals surface area contributed by atoms with Crippen LogP contribution in [-0.2, 0) is 9.84 Å². The molecule has 0 bridgehead atoms. The van der Waals surface area contributed by atoms with Gasteiger partial charge in [0.15, 0.2) is 9.84 Å². The molecule has 2 N–H and O–H groups in total. The summed E-state index contributed by atoms with van der Waals surface area (Å²) in [6, 6.07) is 11.1. The van der Waals surface area contributed by atoms with Gasteiger partial charge in [0.2, 0.25) is 0 Å². The number of rotatable bonds is 3. The summed E-state index contributed by atoms with van der Waals surface area (Å²) in [6.45, 7) is 0. The van der Waals surface area contributed by atoms with Gasteiger partial charge in [0.1, 0.15) is 11.5 Å². The number of sulfone groups is 1. The molecule has 0 aliphatic heterocycles. The van der Waals surface area contributed by atoms with Crippen LogP contribution in [0.15, 0.2) is 47.4 Å². The molecule has 0 saturated carbocycles. The van der Waals surface area contributed by atoms with Crippen molar-refractivity contribution >= 4 is 27.1 Å². The topological polar surface area (TPSA) is 69.4 Å². The van der Waals surface area contributed by atoms with Crippen molar-refractivity contribution in [3.63, 3.8) is 0 Å². The third-order valence-corrected chi connectivity index (χ3v) is 3.81. The highest BCUT2D eigenvalue weighted by molar-refractivity contribution is 7.90. The van der Waals surface area contributed by atoms with Crippen molar-refractivity contribution in [3.8, 4) is 11.5 Å². The van der Waals surface area contributed by atoms with Crippen LogP contribution in [0.4, 0.5) is 5.69 Å². The third kappa shape index (κ3) is 3.39. The lowest BCUT2D eigenvalue weighted by Gasteiger charge is -2.09. The molecule has 100 valence electrons. The molecule has 4 nitrogen and oxygen atoms in total. The van der Waals surface area contributed by atoms with Crippen LogP contribution in [0.25, 0.3) is 0 Å². The minimum atomic E-state index is -3.27. The maximum atomic E-state index is 11.4. The Morgan fingerprint density at radius 3 is 2.26 bits per heavy atom. The minimum Gasteiger partial charge on any atom is -0.455 e. The third-order valence-electron chi connectivity index (χ3n) is 2.45. The quantitative estimate of drug-likeness (QED) is 0.884. The van der Waals surface area contributed by atoms with Crippen molar-refractivity contribution in [2.45, 2.75) is 4.90 Å². The maximum Gasteiger partial charge on any atom is 0.175 e. The maximum absolute atomic E-state index is 11.4. The molecule has 19 heavy (non-hydrogen) atoms. The fourth-order valence-electron chi connectivity index (χ4n) is 1.48. The summed E-state index contributed by atoms with van der Waals surface area (Å²) in [7, 11) is -3.27. The summed E-state index contributed by atoms with van der Waals surface area (Å²) >= 11 is 5.77. The lowest BCUT2D eigenvalue weighted by atomic mass is 10.3. The number of anilines is 1. The molecule has 0 radical (unpaired) electrons. The zero-order valence-electron chi connectivity index (χ0n) is 10.1. The van der Waals surface area contributed by atoms with Crippen LogP contribution in [0.3, 0.4) is 0 Å². The molecule has 0 amide bonds. The van der Waals surface area contributed by atoms with Crippen molar-refractivity contribution in [2.24, 2.45) is 0 Å². The molecule has 0 atom stereocenters. The molecule has 6 heteroatoms. The lowest BCUT2D eigenvalue weighted by Crippen LogP contribution is -1.99. The number of benzene rings is 2. The van der Waals surface area contributed by atoms with Crippen LogP contribution in [0.1, 0.15) is 0 Å². The van der Waals surface area contributed by atoms with Crippen LogP contribution < -0.4 is 10.5 Å². The Hall–Kier alpha value is -1.72. The Morgan fingerprint density at radius 1 is 1.11 bits per heavy atom. The molecule has 0 aliphatic carbocycles. The lowest BCUT2D eigenvalue weighted by molar-refractivity contribution is 0.484. The molecule has 0 saturated heterocycles. The normalized spacial score (nSPS) is 11.3. The van der Waals surface area contributed by atoms with Gasteiger partial charge in [-0.05, 0) is 42.5 Å². The van der Waals surface area contributed by atoms with Crippen molar-refractivity contribution < 1.29 is 13.2 Å². The van der Waals surface area contributed by atoms with Crippen LogP contribution in [-0.4, -0.2) is 14.7 Å². The summed E-state index contributed by atoms with van der Waals surface area (Å²) < 4.78 is 28.3. The average Bonchev–Trinajstić information content (AvgIpc) is 2.33. The SMILES string of the molecule is CS(=O)(=O)c1ccc(Oc2ccc(Cl)cc2)c(N)c1. The van der Waals surface area contributed by atoms with Crippen LogP contribution in [0.5, 0.6) is 11.5 Å². The molecule has 0 unspecified atom stereocenters. The van der Waals surface area contributed by atoms with Crippen LogP contribution in [0, 0.1) is 0 Å². The minimum absolute atomic E-state index is 0.161. The second kappa shape index (κ2) is 5.11. The first-order valence-corrected chi connectivity index (χ1v) is 7.66. The van der Waals surface area contributed by atoms with Gasteiger partial charge in [-0.25, -0.2) is 8.42 Å². The number of ether oxygens (including phenoxy) is 1. The highest BCUT2D eigenvalue weighted by Gasteiger charge is 2.10. The van der Waals surface area contributed by atoms with Gasteiger partial charge in [-0.2, -0.15) is 0 Å². The Balaban J connectivity index is 2.29. The van der Waals surface area contributed by atoms with E-state index in [9.17, 15) is 8.42 Å². The number of nitrogens with two attached hydrogens (primary N) is 1. The molecule has 0 aliphatic rings. The van der Waals surface area contributed by atoms with E-state index >= 15 is 0 Å². The van der Waals surface area contributed by atoms with Crippen molar-refractivity contribution in [2.75, 3.05) is 12.0 Å². The van der Waals surface area contributed by atoms with Gasteiger partial charge in [0, 0.05) is 11.3 Å². The average molecular weight is 298 g/mol. The van der Waals surface area contributed by atoms with Gasteiger partial charge in [0.25, 0.3) is 0 Å². The second-order valence-corrected chi connectivity index (χ2v) is 6.48. The summed E-state index contributed by atoms with van der Waals surface area (Å²) in [5.41, 5.74) is 6.04. The van der Waals surface area contributed by atoms with Gasteiger partial charge in [-0.3, -0.25) is 0 Å². The predicted octanol–water partition coefficient (Wildman–Crippen LogP) is 3.12. The van der Waals surface area contributed by atoms with Crippen LogP contribution in [0.2, 0.25) is 5.02 Å². The fourth-order valence-corrected chi connectivity index (χ4v) is 2.26. The molecule has 0 spiro atoms. The van der Waals surface area contributed by atoms with E-state index in [1.807, 2.05) is 0 Å². The summed E-state index contributed by atoms with van der Waals surface area (Å²) in [5.74, 6) is 0.970. The predicted molar refractivity (Wildman–Crippen MR) is 75.5 cm³/mol. The zero-order chi connectivity index (χ0) is 14.0. The zero-order valence-corrected chi connectivity index (χ0v) is 11.7. The monoisotopic (exact) mass is 297 g/mol. The van der Waals surface area contributed by atoms with E-state index in [-0.39, 0.29) is 10.6 Å². The van der Waals surface area contributed by atoms with E-state index in [0.717, 1.165) is 6.26 Å². The van der Waals surface area contributed by atoms with Gasteiger partial charge in [-0.15, -0.1) is 0 Å². The standard InChI is InChI=1S/C13H12ClNO3S/c1-19(16,17)11-6-7-13(12(15)8-11)18-10-4-2-9(14)3-5-10/h2-8H,15H2,1H3. The van der Waals surface area contributed by atoms with Crippen LogP contribution >= 0.6 is 11.6 Å². The van der Waals surface area contributed by atoms with Crippen molar-refractivity contribution in [1.82, 2.24) is 0 Å². The summed E-state index contributed by atoms with van der Waals surface area (Å²) in [5, 5.41) is 0.604. The molecule has 2 aromatic rings. The Bertz CT molecular complexity index is 696. The molecular weight excluding hydrogens is 286 g/mol. The summed E-state index contributed by atoms with van der Waals surface area (Å²) in [4.78, 5) is 0.161. The highest BCUT2D eigenvalue weighted by atomic mass is 35.5. The van der Waals surface area contributed by atoms with E-state index in [0.29, 0.717) is 16.5 Å². The van der Waals surface area contributed by atoms with E-state index in [2.05, 4.69) is 0 Å². The first-order chi connectivity index (χ1) is 8.86. The van der Waals surface area contributed by atoms with E-state index in [1.54, 1.807) is 24.3 Å². The number of nitrogen functional groups attached to an aromatic ring is 1. The smallest absolute Gasteiger partial charge is 0.175 e. The number of halogens is 1. The van der Waals surface area contributed by atoms with E-state index in [1.165, 1.54) is 18.2 Å². The van der Waals surface area contributed by atoms with Crippen molar-refractivity contribution in [1.29, 1.82) is 0 Å². The van der Waals surface area contributed by atoms with E-state index in [4.69, 9.17) is 22.1 Å². The molecule has 0 aromatic heterocycles. The van der Waals surface area contributed by atoms with E-state index < -0.39 is 9.84 Å². The first kappa shape index (κ1) is 13.7. The molecule has 2 rings (SSSR count). The first-order valence-electron chi connectivity index (χ1n) is 5.39. The Labute approximate surface area is 116 Å². The summed E-state index contributed by atoms with van der Waals surface area (Å²) in [6.07, 6.45) is 1.13.